The molecule has 0 unspecified atom stereocenters. The first-order valence-electron chi connectivity index (χ1n) is 7.77. The third-order valence-corrected chi connectivity index (χ3v) is 4.31. The molecular weight excluding hydrogens is 324 g/mol. The van der Waals surface area contributed by atoms with Gasteiger partial charge in [0.2, 0.25) is 0 Å². The fourth-order valence-corrected chi connectivity index (χ4v) is 3.03. The number of aromatic amines is 1. The van der Waals surface area contributed by atoms with E-state index in [2.05, 4.69) is 10.3 Å². The second kappa shape index (κ2) is 6.97. The highest BCUT2D eigenvalue weighted by molar-refractivity contribution is 6.30. The molecule has 0 radical (unpaired) electrons. The number of nitrogens with one attached hydrogen (secondary N) is 2. The Kier molecular flexibility index (Phi) is 4.76. The highest BCUT2D eigenvalue weighted by atomic mass is 35.5. The van der Waals surface area contributed by atoms with Crippen molar-refractivity contribution in [2.75, 3.05) is 13.7 Å². The van der Waals surface area contributed by atoms with Crippen LogP contribution in [0.4, 0.5) is 0 Å². The maximum absolute atomic E-state index is 12.2. The summed E-state index contributed by atoms with van der Waals surface area (Å²) >= 11 is 5.92. The Bertz CT molecular complexity index is 886. The average molecular weight is 343 g/mol. The summed E-state index contributed by atoms with van der Waals surface area (Å²) in [5.41, 5.74) is 3.94. The molecule has 1 amide bonds. The number of carbonyl (C=O) groups excluding carboxylic acids is 1. The number of carbonyl (C=O) groups is 1. The van der Waals surface area contributed by atoms with Crippen molar-refractivity contribution in [2.24, 2.45) is 0 Å². The van der Waals surface area contributed by atoms with E-state index in [1.54, 1.807) is 31.4 Å². The molecule has 3 rings (SSSR count). The Labute approximate surface area is 145 Å². The van der Waals surface area contributed by atoms with Crippen molar-refractivity contribution in [1.29, 1.82) is 0 Å². The second-order valence-electron chi connectivity index (χ2n) is 5.66. The van der Waals surface area contributed by atoms with E-state index >= 15 is 0 Å². The molecule has 1 aromatic heterocycles. The number of methoxy groups -OCH3 is 1. The first kappa shape index (κ1) is 16.4. The molecule has 0 spiro atoms. The quantitative estimate of drug-likeness (QED) is 0.733. The number of aromatic nitrogens is 1. The van der Waals surface area contributed by atoms with Gasteiger partial charge in [-0.15, -0.1) is 0 Å². The molecule has 0 aliphatic carbocycles. The summed E-state index contributed by atoms with van der Waals surface area (Å²) < 4.78 is 5.30. The van der Waals surface area contributed by atoms with Crippen molar-refractivity contribution < 1.29 is 9.53 Å². The van der Waals surface area contributed by atoms with E-state index in [0.717, 1.165) is 28.8 Å². The highest BCUT2D eigenvalue weighted by Gasteiger charge is 2.11. The van der Waals surface area contributed by atoms with Gasteiger partial charge in [0, 0.05) is 33.7 Å². The zero-order valence-corrected chi connectivity index (χ0v) is 14.4. The van der Waals surface area contributed by atoms with Crippen molar-refractivity contribution in [3.8, 4) is 5.75 Å². The largest absolute Gasteiger partial charge is 0.497 e. The van der Waals surface area contributed by atoms with E-state index in [0.29, 0.717) is 17.1 Å². The van der Waals surface area contributed by atoms with Gasteiger partial charge in [-0.25, -0.2) is 0 Å². The minimum absolute atomic E-state index is 0.118. The van der Waals surface area contributed by atoms with E-state index in [1.807, 2.05) is 25.1 Å². The molecule has 0 bridgehead atoms. The van der Waals surface area contributed by atoms with Crippen LogP contribution in [-0.4, -0.2) is 24.5 Å². The van der Waals surface area contributed by atoms with Crippen LogP contribution in [0.3, 0.4) is 0 Å². The van der Waals surface area contributed by atoms with Gasteiger partial charge < -0.3 is 15.0 Å². The van der Waals surface area contributed by atoms with Gasteiger partial charge in [-0.1, -0.05) is 17.7 Å². The number of halogens is 1. The normalized spacial score (nSPS) is 10.8. The molecule has 2 aromatic carbocycles. The number of aryl methyl sites for hydroxylation is 1. The van der Waals surface area contributed by atoms with Crippen LogP contribution in [0.25, 0.3) is 10.9 Å². The van der Waals surface area contributed by atoms with Gasteiger partial charge >= 0.3 is 0 Å². The molecule has 5 heteroatoms. The summed E-state index contributed by atoms with van der Waals surface area (Å²) in [6, 6.07) is 12.9. The first-order chi connectivity index (χ1) is 11.6. The van der Waals surface area contributed by atoms with Gasteiger partial charge in [0.1, 0.15) is 5.75 Å². The molecule has 1 heterocycles. The number of H-pyrrole nitrogens is 1. The molecule has 0 saturated carbocycles. The third kappa shape index (κ3) is 3.39. The summed E-state index contributed by atoms with van der Waals surface area (Å²) in [5.74, 6) is 0.707. The SMILES string of the molecule is COc1ccc2[nH]c(C)c(CCNC(=O)c3cccc(Cl)c3)c2c1. The van der Waals surface area contributed by atoms with E-state index in [1.165, 1.54) is 5.56 Å². The number of fused-ring (bicyclic) bond motifs is 1. The fourth-order valence-electron chi connectivity index (χ4n) is 2.84. The van der Waals surface area contributed by atoms with Gasteiger partial charge in [-0.3, -0.25) is 4.79 Å². The molecular formula is C19H19ClN2O2. The van der Waals surface area contributed by atoms with Gasteiger partial charge in [-0.05, 0) is 55.3 Å². The van der Waals surface area contributed by atoms with Gasteiger partial charge in [-0.2, -0.15) is 0 Å². The average Bonchev–Trinajstić information content (AvgIpc) is 2.89. The smallest absolute Gasteiger partial charge is 0.251 e. The molecule has 4 nitrogen and oxygen atoms in total. The zero-order valence-electron chi connectivity index (χ0n) is 13.7. The maximum Gasteiger partial charge on any atom is 0.251 e. The zero-order chi connectivity index (χ0) is 17.1. The van der Waals surface area contributed by atoms with Crippen LogP contribution in [0.5, 0.6) is 5.75 Å². The molecule has 124 valence electrons. The molecule has 2 N–H and O–H groups in total. The van der Waals surface area contributed by atoms with Crippen LogP contribution < -0.4 is 10.1 Å². The number of hydrogen-bond donors (Lipinski definition) is 2. The topological polar surface area (TPSA) is 54.1 Å². The first-order valence-corrected chi connectivity index (χ1v) is 8.15. The van der Waals surface area contributed by atoms with Crippen LogP contribution in [0.1, 0.15) is 21.6 Å². The van der Waals surface area contributed by atoms with E-state index in [9.17, 15) is 4.79 Å². The summed E-state index contributed by atoms with van der Waals surface area (Å²) in [5, 5.41) is 4.63. The lowest BCUT2D eigenvalue weighted by molar-refractivity contribution is 0.0954. The van der Waals surface area contributed by atoms with Gasteiger partial charge in [0.05, 0.1) is 7.11 Å². The summed E-state index contributed by atoms with van der Waals surface area (Å²) in [4.78, 5) is 15.5. The number of amides is 1. The lowest BCUT2D eigenvalue weighted by Crippen LogP contribution is -2.25. The Morgan fingerprint density at radius 2 is 2.08 bits per heavy atom. The van der Waals surface area contributed by atoms with Crippen LogP contribution >= 0.6 is 11.6 Å². The summed E-state index contributed by atoms with van der Waals surface area (Å²) in [6.07, 6.45) is 0.741. The maximum atomic E-state index is 12.2. The van der Waals surface area contributed by atoms with Crippen LogP contribution in [0.15, 0.2) is 42.5 Å². The Morgan fingerprint density at radius 3 is 2.83 bits per heavy atom. The van der Waals surface area contributed by atoms with Crippen LogP contribution in [0, 0.1) is 6.92 Å². The highest BCUT2D eigenvalue weighted by Crippen LogP contribution is 2.26. The summed E-state index contributed by atoms with van der Waals surface area (Å²) in [6.45, 7) is 2.59. The van der Waals surface area contributed by atoms with E-state index in [-0.39, 0.29) is 5.91 Å². The van der Waals surface area contributed by atoms with Crippen molar-refractivity contribution in [3.63, 3.8) is 0 Å². The molecule has 0 aliphatic heterocycles. The second-order valence-corrected chi connectivity index (χ2v) is 6.09. The minimum atomic E-state index is -0.118. The number of hydrogen-bond acceptors (Lipinski definition) is 2. The minimum Gasteiger partial charge on any atom is -0.497 e. The number of rotatable bonds is 5. The number of ether oxygens (including phenoxy) is 1. The molecule has 24 heavy (non-hydrogen) atoms. The summed E-state index contributed by atoms with van der Waals surface area (Å²) in [7, 11) is 1.66. The fraction of sp³-hybridized carbons (Fsp3) is 0.211. The molecule has 0 atom stereocenters. The predicted octanol–water partition coefficient (Wildman–Crippen LogP) is 4.11. The lowest BCUT2D eigenvalue weighted by atomic mass is 10.1. The molecule has 0 fully saturated rings. The van der Waals surface area contributed by atoms with Crippen molar-refractivity contribution in [2.45, 2.75) is 13.3 Å². The Balaban J connectivity index is 1.71. The molecule has 0 saturated heterocycles. The third-order valence-electron chi connectivity index (χ3n) is 4.07. The van der Waals surface area contributed by atoms with Gasteiger partial charge in [0.15, 0.2) is 0 Å². The lowest BCUT2D eigenvalue weighted by Gasteiger charge is -2.07. The Hall–Kier alpha value is -2.46. The van der Waals surface area contributed by atoms with Crippen molar-refractivity contribution in [1.82, 2.24) is 10.3 Å². The van der Waals surface area contributed by atoms with Crippen LogP contribution in [0.2, 0.25) is 5.02 Å². The van der Waals surface area contributed by atoms with Gasteiger partial charge in [0.25, 0.3) is 5.91 Å². The molecule has 3 aromatic rings. The van der Waals surface area contributed by atoms with Crippen LogP contribution in [-0.2, 0) is 6.42 Å². The predicted molar refractivity (Wildman–Crippen MR) is 97.1 cm³/mol. The Morgan fingerprint density at radius 1 is 1.25 bits per heavy atom. The van der Waals surface area contributed by atoms with Crippen molar-refractivity contribution in [3.05, 3.63) is 64.3 Å². The van der Waals surface area contributed by atoms with E-state index in [4.69, 9.17) is 16.3 Å². The number of benzene rings is 2. The monoisotopic (exact) mass is 342 g/mol. The van der Waals surface area contributed by atoms with E-state index < -0.39 is 0 Å². The standard InChI is InChI=1S/C19H19ClN2O2/c1-12-16(17-11-15(24-2)6-7-18(17)22-12)8-9-21-19(23)13-4-3-5-14(20)10-13/h3-7,10-11,22H,8-9H2,1-2H3,(H,21,23). The van der Waals surface area contributed by atoms with Crippen molar-refractivity contribution >= 4 is 28.4 Å². The molecule has 0 aliphatic rings.